The van der Waals surface area contributed by atoms with Crippen molar-refractivity contribution in [2.24, 2.45) is 10.7 Å². The van der Waals surface area contributed by atoms with E-state index in [9.17, 15) is 14.7 Å². The number of aliphatic imine (C=N–C) groups is 1. The number of carbonyl (C=O) groups excluding carboxylic acids is 2. The molecule has 2 amide bonds. The Morgan fingerprint density at radius 2 is 2.13 bits per heavy atom. The third-order valence-corrected chi connectivity index (χ3v) is 4.99. The molecule has 3 N–H and O–H groups in total. The first-order valence-corrected chi connectivity index (χ1v) is 9.35. The second kappa shape index (κ2) is 7.54. The predicted octanol–water partition coefficient (Wildman–Crippen LogP) is 0.655. The zero-order valence-corrected chi connectivity index (χ0v) is 16.3. The third kappa shape index (κ3) is 3.71. The molecule has 4 rings (SSSR count). The molecular formula is C22H19N5O3. The summed E-state index contributed by atoms with van der Waals surface area (Å²) in [7, 11) is 1.63. The Morgan fingerprint density at radius 3 is 2.80 bits per heavy atom. The van der Waals surface area contributed by atoms with E-state index in [-0.39, 0.29) is 12.1 Å². The van der Waals surface area contributed by atoms with Gasteiger partial charge in [-0.05, 0) is 24.3 Å². The molecular weight excluding hydrogens is 382 g/mol. The minimum Gasteiger partial charge on any atom is -0.369 e. The van der Waals surface area contributed by atoms with Crippen molar-refractivity contribution < 1.29 is 14.7 Å². The minimum absolute atomic E-state index is 0.105. The topological polar surface area (TPSA) is 122 Å². The molecule has 1 atom stereocenters. The van der Waals surface area contributed by atoms with Gasteiger partial charge in [-0.15, -0.1) is 0 Å². The van der Waals surface area contributed by atoms with E-state index < -0.39 is 17.4 Å². The molecule has 0 saturated carbocycles. The molecule has 1 fully saturated rings. The summed E-state index contributed by atoms with van der Waals surface area (Å²) >= 11 is 0. The van der Waals surface area contributed by atoms with Crippen LogP contribution in [0.25, 0.3) is 17.0 Å². The van der Waals surface area contributed by atoms with Crippen molar-refractivity contribution in [3.05, 3.63) is 53.4 Å². The van der Waals surface area contributed by atoms with Gasteiger partial charge in [0.05, 0.1) is 12.2 Å². The highest BCUT2D eigenvalue weighted by Crippen LogP contribution is 2.23. The smallest absolute Gasteiger partial charge is 0.267 e. The number of hydrogen-bond acceptors (Lipinski definition) is 6. The van der Waals surface area contributed by atoms with Crippen molar-refractivity contribution in [3.63, 3.8) is 0 Å². The molecule has 1 saturated heterocycles. The van der Waals surface area contributed by atoms with Crippen molar-refractivity contribution in [2.45, 2.75) is 12.0 Å². The van der Waals surface area contributed by atoms with Crippen LogP contribution in [-0.2, 0) is 4.79 Å². The Kier molecular flexibility index (Phi) is 4.90. The van der Waals surface area contributed by atoms with Gasteiger partial charge in [0, 0.05) is 42.9 Å². The average molecular weight is 401 g/mol. The van der Waals surface area contributed by atoms with E-state index in [2.05, 4.69) is 26.8 Å². The summed E-state index contributed by atoms with van der Waals surface area (Å²) < 4.78 is 0. The van der Waals surface area contributed by atoms with E-state index in [1.807, 2.05) is 6.08 Å². The maximum Gasteiger partial charge on any atom is 0.267 e. The zero-order valence-electron chi connectivity index (χ0n) is 16.3. The lowest BCUT2D eigenvalue weighted by Gasteiger charge is -2.13. The molecule has 2 aliphatic heterocycles. The quantitative estimate of drug-likeness (QED) is 0.732. The summed E-state index contributed by atoms with van der Waals surface area (Å²) in [6.45, 7) is 0.932. The lowest BCUT2D eigenvalue weighted by Crippen LogP contribution is -2.37. The van der Waals surface area contributed by atoms with Gasteiger partial charge in [0.1, 0.15) is 5.69 Å². The van der Waals surface area contributed by atoms with E-state index in [4.69, 9.17) is 5.73 Å². The number of aromatic nitrogens is 2. The standard InChI is InChI=1S/C22H19N5O3/c1-27-10-8-22(30,21(27)29)7-5-14-3-2-4-15(11-14)20-25-17(16-6-9-24-13-16)12-18(26-20)19(23)28/h2-4,6,9,11-12,30H,8,10,13H2,1H3,(H2,23,28)/t22-/m0/s1. The van der Waals surface area contributed by atoms with Crippen molar-refractivity contribution in [1.82, 2.24) is 14.9 Å². The van der Waals surface area contributed by atoms with Crippen LogP contribution in [0.1, 0.15) is 28.2 Å². The number of hydrogen-bond donors (Lipinski definition) is 2. The maximum atomic E-state index is 12.1. The fourth-order valence-corrected chi connectivity index (χ4v) is 3.26. The fraction of sp³-hybridized carbons (Fsp3) is 0.227. The number of carbonyl (C=O) groups is 2. The van der Waals surface area contributed by atoms with E-state index in [1.165, 1.54) is 4.90 Å². The van der Waals surface area contributed by atoms with Gasteiger partial charge in [0.25, 0.3) is 11.8 Å². The molecule has 0 aliphatic carbocycles. The molecule has 8 nitrogen and oxygen atoms in total. The summed E-state index contributed by atoms with van der Waals surface area (Å²) in [6, 6.07) is 8.60. The van der Waals surface area contributed by atoms with E-state index in [0.717, 1.165) is 5.57 Å². The lowest BCUT2D eigenvalue weighted by atomic mass is 10.0. The summed E-state index contributed by atoms with van der Waals surface area (Å²) in [6.07, 6.45) is 3.78. The molecule has 1 aromatic heterocycles. The molecule has 2 aromatic rings. The van der Waals surface area contributed by atoms with Crippen LogP contribution in [0.5, 0.6) is 0 Å². The lowest BCUT2D eigenvalue weighted by molar-refractivity contribution is -0.137. The first-order valence-electron chi connectivity index (χ1n) is 9.35. The van der Waals surface area contributed by atoms with Crippen molar-refractivity contribution in [2.75, 3.05) is 20.1 Å². The Balaban J connectivity index is 1.70. The van der Waals surface area contributed by atoms with Gasteiger partial charge < -0.3 is 15.7 Å². The highest BCUT2D eigenvalue weighted by Gasteiger charge is 2.42. The number of aliphatic hydroxyl groups is 1. The normalized spacial score (nSPS) is 20.1. The number of nitrogens with two attached hydrogens (primary N) is 1. The minimum atomic E-state index is -1.67. The van der Waals surface area contributed by atoms with Gasteiger partial charge in [-0.1, -0.05) is 24.0 Å². The van der Waals surface area contributed by atoms with Crippen molar-refractivity contribution in [1.29, 1.82) is 0 Å². The van der Waals surface area contributed by atoms with Crippen LogP contribution in [0.4, 0.5) is 0 Å². The molecule has 30 heavy (non-hydrogen) atoms. The number of benzene rings is 1. The van der Waals surface area contributed by atoms with E-state index in [0.29, 0.717) is 35.7 Å². The largest absolute Gasteiger partial charge is 0.369 e. The number of primary amides is 1. The SMILES string of the molecule is CN1CC[C@@](O)(C#Cc2cccc(-c3nc(C(N)=O)cc(C4=CC=NC4)n3)c2)C1=O. The molecule has 3 heterocycles. The molecule has 0 bridgehead atoms. The van der Waals surface area contributed by atoms with E-state index >= 15 is 0 Å². The van der Waals surface area contributed by atoms with Gasteiger partial charge >= 0.3 is 0 Å². The Morgan fingerprint density at radius 1 is 1.30 bits per heavy atom. The number of likely N-dealkylation sites (tertiary alicyclic amines) is 1. The van der Waals surface area contributed by atoms with Crippen LogP contribution >= 0.6 is 0 Å². The highest BCUT2D eigenvalue weighted by atomic mass is 16.3. The number of amides is 2. The van der Waals surface area contributed by atoms with Crippen LogP contribution in [-0.4, -0.2) is 63.7 Å². The van der Waals surface area contributed by atoms with E-state index in [1.54, 1.807) is 43.6 Å². The molecule has 0 spiro atoms. The fourth-order valence-electron chi connectivity index (χ4n) is 3.26. The predicted molar refractivity (Wildman–Crippen MR) is 111 cm³/mol. The molecule has 150 valence electrons. The van der Waals surface area contributed by atoms with Crippen LogP contribution in [0.3, 0.4) is 0 Å². The second-order valence-corrected chi connectivity index (χ2v) is 7.18. The number of likely N-dealkylation sites (N-methyl/N-ethyl adjacent to an activating group) is 1. The van der Waals surface area contributed by atoms with Crippen molar-refractivity contribution >= 4 is 23.6 Å². The van der Waals surface area contributed by atoms with Gasteiger partial charge in [-0.3, -0.25) is 14.6 Å². The number of rotatable bonds is 3. The second-order valence-electron chi connectivity index (χ2n) is 7.18. The van der Waals surface area contributed by atoms with Crippen LogP contribution in [0.2, 0.25) is 0 Å². The molecule has 0 radical (unpaired) electrons. The molecule has 1 aromatic carbocycles. The van der Waals surface area contributed by atoms with Crippen LogP contribution < -0.4 is 5.73 Å². The molecule has 2 aliphatic rings. The summed E-state index contributed by atoms with van der Waals surface area (Å²) in [5.41, 5.74) is 6.54. The Bertz CT molecular complexity index is 1170. The van der Waals surface area contributed by atoms with Gasteiger partial charge in [0.15, 0.2) is 5.82 Å². The van der Waals surface area contributed by atoms with Crippen LogP contribution in [0.15, 0.2) is 41.4 Å². The van der Waals surface area contributed by atoms with Gasteiger partial charge in [-0.25, -0.2) is 9.97 Å². The third-order valence-electron chi connectivity index (χ3n) is 4.99. The molecule has 0 unspecified atom stereocenters. The Hall–Kier alpha value is -3.83. The first-order chi connectivity index (χ1) is 14.4. The summed E-state index contributed by atoms with van der Waals surface area (Å²) in [4.78, 5) is 38.3. The Labute approximate surface area is 173 Å². The summed E-state index contributed by atoms with van der Waals surface area (Å²) in [5, 5.41) is 10.5. The number of allylic oxidation sites excluding steroid dienone is 1. The van der Waals surface area contributed by atoms with Crippen LogP contribution in [0, 0.1) is 11.8 Å². The van der Waals surface area contributed by atoms with Crippen molar-refractivity contribution in [3.8, 4) is 23.2 Å². The van der Waals surface area contributed by atoms with Gasteiger partial charge in [0.2, 0.25) is 5.60 Å². The highest BCUT2D eigenvalue weighted by molar-refractivity contribution is 5.94. The zero-order chi connectivity index (χ0) is 21.3. The maximum absolute atomic E-state index is 12.1. The first kappa shape index (κ1) is 19.5. The van der Waals surface area contributed by atoms with Gasteiger partial charge in [-0.2, -0.15) is 0 Å². The monoisotopic (exact) mass is 401 g/mol. The summed E-state index contributed by atoms with van der Waals surface area (Å²) in [5.74, 6) is 4.84. The molecule has 8 heteroatoms. The average Bonchev–Trinajstić information content (AvgIpc) is 3.38. The number of nitrogens with zero attached hydrogens (tertiary/aromatic N) is 4.